The molecule has 1 N–H and O–H groups in total. The van der Waals surface area contributed by atoms with Crippen molar-refractivity contribution >= 4 is 11.9 Å². The van der Waals surface area contributed by atoms with Gasteiger partial charge in [-0.2, -0.15) is 0 Å². The monoisotopic (exact) mass is 342 g/mol. The molecule has 0 saturated carbocycles. The standard InChI is InChI=1S/C18H18N2O5/c21-16-15(17(22)23)7-4-10-20(16)14-8-11-19(12-9-14)25-18(24)13-5-2-1-3-6-13/h1-7,10,14H,8-9,11-12H2,(H,22,23). The summed E-state index contributed by atoms with van der Waals surface area (Å²) in [4.78, 5) is 40.7. The molecule has 0 radical (unpaired) electrons. The molecule has 7 heteroatoms. The van der Waals surface area contributed by atoms with Gasteiger partial charge in [0.2, 0.25) is 0 Å². The van der Waals surface area contributed by atoms with Crippen LogP contribution in [0.15, 0.2) is 53.5 Å². The Balaban J connectivity index is 1.63. The predicted octanol–water partition coefficient (Wildman–Crippen LogP) is 1.96. The van der Waals surface area contributed by atoms with Gasteiger partial charge in [0.1, 0.15) is 5.56 Å². The Labute approximate surface area is 144 Å². The Bertz CT molecular complexity index is 823. The summed E-state index contributed by atoms with van der Waals surface area (Å²) in [6, 6.07) is 11.5. The van der Waals surface area contributed by atoms with Crippen molar-refractivity contribution < 1.29 is 19.5 Å². The Morgan fingerprint density at radius 1 is 1.04 bits per heavy atom. The number of rotatable bonds is 4. The highest BCUT2D eigenvalue weighted by atomic mass is 16.7. The zero-order valence-corrected chi connectivity index (χ0v) is 13.5. The van der Waals surface area contributed by atoms with Crippen LogP contribution in [0, 0.1) is 0 Å². The van der Waals surface area contributed by atoms with Crippen molar-refractivity contribution in [2.45, 2.75) is 18.9 Å². The van der Waals surface area contributed by atoms with Crippen molar-refractivity contribution in [2.75, 3.05) is 13.1 Å². The number of benzene rings is 1. The van der Waals surface area contributed by atoms with E-state index in [0.29, 0.717) is 31.5 Å². The third-order valence-corrected chi connectivity index (χ3v) is 4.24. The van der Waals surface area contributed by atoms with Crippen molar-refractivity contribution in [3.63, 3.8) is 0 Å². The molecule has 0 atom stereocenters. The molecule has 0 spiro atoms. The van der Waals surface area contributed by atoms with E-state index in [1.807, 2.05) is 6.07 Å². The Hall–Kier alpha value is -2.93. The normalized spacial score (nSPS) is 15.7. The highest BCUT2D eigenvalue weighted by Crippen LogP contribution is 2.21. The molecule has 1 aromatic carbocycles. The zero-order chi connectivity index (χ0) is 17.8. The van der Waals surface area contributed by atoms with Crippen molar-refractivity contribution in [1.82, 2.24) is 9.63 Å². The summed E-state index contributed by atoms with van der Waals surface area (Å²) in [5.41, 5.74) is -0.259. The fourth-order valence-corrected chi connectivity index (χ4v) is 2.92. The van der Waals surface area contributed by atoms with Gasteiger partial charge in [-0.05, 0) is 37.1 Å². The van der Waals surface area contributed by atoms with Crippen molar-refractivity contribution in [2.24, 2.45) is 0 Å². The van der Waals surface area contributed by atoms with E-state index in [2.05, 4.69) is 0 Å². The molecule has 0 amide bonds. The molecular formula is C18H18N2O5. The average molecular weight is 342 g/mol. The van der Waals surface area contributed by atoms with E-state index < -0.39 is 17.5 Å². The molecule has 7 nitrogen and oxygen atoms in total. The van der Waals surface area contributed by atoms with Gasteiger partial charge in [0, 0.05) is 25.3 Å². The third-order valence-electron chi connectivity index (χ3n) is 4.24. The van der Waals surface area contributed by atoms with Crippen LogP contribution < -0.4 is 5.56 Å². The summed E-state index contributed by atoms with van der Waals surface area (Å²) in [5.74, 6) is -1.64. The van der Waals surface area contributed by atoms with E-state index in [4.69, 9.17) is 9.94 Å². The number of piperidine rings is 1. The van der Waals surface area contributed by atoms with Gasteiger partial charge in [-0.1, -0.05) is 18.2 Å². The number of pyridine rings is 1. The number of carboxylic acid groups (broad SMARTS) is 1. The van der Waals surface area contributed by atoms with E-state index in [9.17, 15) is 14.4 Å². The number of nitrogens with zero attached hydrogens (tertiary/aromatic N) is 2. The van der Waals surface area contributed by atoms with Gasteiger partial charge in [-0.3, -0.25) is 4.79 Å². The SMILES string of the molecule is O=C(ON1CCC(n2cccc(C(=O)O)c2=O)CC1)c1ccccc1. The van der Waals surface area contributed by atoms with Gasteiger partial charge >= 0.3 is 11.9 Å². The molecule has 0 aliphatic carbocycles. The van der Waals surface area contributed by atoms with E-state index >= 15 is 0 Å². The number of carboxylic acids is 1. The molecule has 0 bridgehead atoms. The second-order valence-electron chi connectivity index (χ2n) is 5.84. The topological polar surface area (TPSA) is 88.8 Å². The Morgan fingerprint density at radius 2 is 1.72 bits per heavy atom. The molecule has 1 aliphatic heterocycles. The second kappa shape index (κ2) is 7.31. The van der Waals surface area contributed by atoms with Gasteiger partial charge in [0.15, 0.2) is 0 Å². The second-order valence-corrected chi connectivity index (χ2v) is 5.84. The maximum atomic E-state index is 12.2. The number of hydroxylamine groups is 2. The first-order chi connectivity index (χ1) is 12.1. The quantitative estimate of drug-likeness (QED) is 0.914. The van der Waals surface area contributed by atoms with Crippen LogP contribution in [-0.4, -0.2) is 39.8 Å². The summed E-state index contributed by atoms with van der Waals surface area (Å²) < 4.78 is 1.46. The molecule has 1 saturated heterocycles. The average Bonchev–Trinajstić information content (AvgIpc) is 2.63. The zero-order valence-electron chi connectivity index (χ0n) is 13.5. The van der Waals surface area contributed by atoms with Gasteiger partial charge in [0.05, 0.1) is 5.56 Å². The van der Waals surface area contributed by atoms with Crippen molar-refractivity contribution in [3.05, 3.63) is 70.1 Å². The van der Waals surface area contributed by atoms with Gasteiger partial charge in [-0.25, -0.2) is 9.59 Å². The van der Waals surface area contributed by atoms with E-state index in [1.54, 1.807) is 41.6 Å². The number of hydrogen-bond donors (Lipinski definition) is 1. The van der Waals surface area contributed by atoms with Crippen LogP contribution in [0.1, 0.15) is 39.6 Å². The highest BCUT2D eigenvalue weighted by Gasteiger charge is 2.25. The molecule has 1 aromatic heterocycles. The van der Waals surface area contributed by atoms with E-state index in [1.165, 1.54) is 10.6 Å². The molecular weight excluding hydrogens is 324 g/mol. The minimum absolute atomic E-state index is 0.113. The van der Waals surface area contributed by atoms with Crippen LogP contribution in [0.2, 0.25) is 0 Å². The maximum Gasteiger partial charge on any atom is 0.357 e. The van der Waals surface area contributed by atoms with Crippen molar-refractivity contribution in [3.8, 4) is 0 Å². The number of hydrogen-bond acceptors (Lipinski definition) is 5. The van der Waals surface area contributed by atoms with Crippen LogP contribution in [0.25, 0.3) is 0 Å². The minimum atomic E-state index is -1.23. The maximum absolute atomic E-state index is 12.2. The molecule has 1 aliphatic rings. The fraction of sp³-hybridized carbons (Fsp3) is 0.278. The molecule has 3 rings (SSSR count). The number of aromatic carboxylic acids is 1. The lowest BCUT2D eigenvalue weighted by Gasteiger charge is -2.31. The fourth-order valence-electron chi connectivity index (χ4n) is 2.92. The minimum Gasteiger partial charge on any atom is -0.477 e. The smallest absolute Gasteiger partial charge is 0.357 e. The first-order valence-corrected chi connectivity index (χ1v) is 8.03. The summed E-state index contributed by atoms with van der Waals surface area (Å²) in [6.45, 7) is 0.958. The number of carbonyl (C=O) groups excluding carboxylic acids is 1. The first-order valence-electron chi connectivity index (χ1n) is 8.03. The van der Waals surface area contributed by atoms with E-state index in [-0.39, 0.29) is 11.6 Å². The summed E-state index contributed by atoms with van der Waals surface area (Å²) in [6.07, 6.45) is 2.78. The summed E-state index contributed by atoms with van der Waals surface area (Å²) in [5, 5.41) is 10.6. The molecule has 1 fully saturated rings. The lowest BCUT2D eigenvalue weighted by atomic mass is 10.1. The third kappa shape index (κ3) is 3.77. The molecule has 25 heavy (non-hydrogen) atoms. The van der Waals surface area contributed by atoms with Crippen LogP contribution in [-0.2, 0) is 4.84 Å². The van der Waals surface area contributed by atoms with Crippen LogP contribution in [0.4, 0.5) is 0 Å². The van der Waals surface area contributed by atoms with Gasteiger partial charge < -0.3 is 14.5 Å². The number of aromatic nitrogens is 1. The summed E-state index contributed by atoms with van der Waals surface area (Å²) >= 11 is 0. The first kappa shape index (κ1) is 16.9. The number of carbonyl (C=O) groups is 2. The van der Waals surface area contributed by atoms with Gasteiger partial charge in [-0.15, -0.1) is 5.06 Å². The Kier molecular flexibility index (Phi) is 4.95. The molecule has 2 heterocycles. The van der Waals surface area contributed by atoms with Crippen LogP contribution in [0.5, 0.6) is 0 Å². The lowest BCUT2D eigenvalue weighted by Crippen LogP contribution is -2.39. The predicted molar refractivity (Wildman–Crippen MR) is 89.4 cm³/mol. The molecule has 0 unspecified atom stereocenters. The summed E-state index contributed by atoms with van der Waals surface area (Å²) in [7, 11) is 0. The van der Waals surface area contributed by atoms with Crippen LogP contribution >= 0.6 is 0 Å². The lowest BCUT2D eigenvalue weighted by molar-refractivity contribution is -0.125. The molecule has 2 aromatic rings. The largest absolute Gasteiger partial charge is 0.477 e. The Morgan fingerprint density at radius 3 is 2.36 bits per heavy atom. The van der Waals surface area contributed by atoms with Gasteiger partial charge in [0.25, 0.3) is 5.56 Å². The molecule has 130 valence electrons. The highest BCUT2D eigenvalue weighted by molar-refractivity contribution is 5.89. The van der Waals surface area contributed by atoms with Crippen molar-refractivity contribution in [1.29, 1.82) is 0 Å². The van der Waals surface area contributed by atoms with E-state index in [0.717, 1.165) is 0 Å². The van der Waals surface area contributed by atoms with Crippen LogP contribution in [0.3, 0.4) is 0 Å².